The molecule has 1 amide bonds. The van der Waals surface area contributed by atoms with Crippen LogP contribution in [0.25, 0.3) is 0 Å². The molecule has 1 aromatic carbocycles. The molecule has 0 aliphatic carbocycles. The molecule has 0 saturated carbocycles. The molecule has 0 fully saturated rings. The van der Waals surface area contributed by atoms with E-state index in [9.17, 15) is 13.2 Å². The molecule has 0 spiro atoms. The van der Waals surface area contributed by atoms with Gasteiger partial charge in [0.15, 0.2) is 0 Å². The zero-order valence-corrected chi connectivity index (χ0v) is 12.8. The molecule has 1 N–H and O–H groups in total. The lowest BCUT2D eigenvalue weighted by atomic mass is 10.1. The number of carbonyl (C=O) groups is 1. The van der Waals surface area contributed by atoms with E-state index in [0.717, 1.165) is 16.9 Å². The number of sulfonamides is 1. The summed E-state index contributed by atoms with van der Waals surface area (Å²) in [6.45, 7) is 0. The van der Waals surface area contributed by atoms with Crippen LogP contribution in [0.15, 0.2) is 46.0 Å². The van der Waals surface area contributed by atoms with Crippen LogP contribution in [0.3, 0.4) is 0 Å². The van der Waals surface area contributed by atoms with Gasteiger partial charge in [-0.25, -0.2) is 13.1 Å². The zero-order chi connectivity index (χ0) is 14.6. The summed E-state index contributed by atoms with van der Waals surface area (Å²) in [6.07, 6.45) is 0.525. The van der Waals surface area contributed by atoms with Crippen molar-refractivity contribution in [1.29, 1.82) is 0 Å². The van der Waals surface area contributed by atoms with E-state index in [2.05, 4.69) is 4.72 Å². The number of halogens is 1. The third-order valence-electron chi connectivity index (χ3n) is 2.54. The number of carbonyl (C=O) groups excluding carboxylic acids is 1. The molecule has 2 aromatic rings. The summed E-state index contributed by atoms with van der Waals surface area (Å²) in [4.78, 5) is 11.7. The minimum Gasteiger partial charge on any atom is -0.274 e. The average Bonchev–Trinajstić information content (AvgIpc) is 2.90. The molecule has 1 heterocycles. The predicted molar refractivity (Wildman–Crippen MR) is 79.4 cm³/mol. The maximum Gasteiger partial charge on any atom is 0.273 e. The number of hydrogen-bond acceptors (Lipinski definition) is 4. The second-order valence-corrected chi connectivity index (χ2v) is 7.38. The largest absolute Gasteiger partial charge is 0.274 e. The standard InChI is InChI=1S/C13H12ClNO3S2/c14-11-4-1-3-10(9-11)6-7-12(16)15-20(17,18)13-5-2-8-19-13/h1-5,8-9H,6-7H2,(H,15,16). The van der Waals surface area contributed by atoms with E-state index in [-0.39, 0.29) is 10.6 Å². The topological polar surface area (TPSA) is 63.2 Å². The summed E-state index contributed by atoms with van der Waals surface area (Å²) >= 11 is 6.91. The summed E-state index contributed by atoms with van der Waals surface area (Å²) in [6, 6.07) is 10.2. The summed E-state index contributed by atoms with van der Waals surface area (Å²) in [7, 11) is -3.74. The Labute approximate surface area is 126 Å². The van der Waals surface area contributed by atoms with Crippen molar-refractivity contribution in [3.05, 3.63) is 52.4 Å². The first-order valence-corrected chi connectivity index (χ1v) is 8.55. The van der Waals surface area contributed by atoms with Crippen LogP contribution in [0.1, 0.15) is 12.0 Å². The first-order chi connectivity index (χ1) is 9.47. The molecular weight excluding hydrogens is 318 g/mol. The molecule has 0 radical (unpaired) electrons. The SMILES string of the molecule is O=C(CCc1cccc(Cl)c1)NS(=O)(=O)c1cccs1. The van der Waals surface area contributed by atoms with Crippen LogP contribution in [0.2, 0.25) is 5.02 Å². The summed E-state index contributed by atoms with van der Waals surface area (Å²) in [5.41, 5.74) is 0.890. The fraction of sp³-hybridized carbons (Fsp3) is 0.154. The van der Waals surface area contributed by atoms with Crippen molar-refractivity contribution in [3.8, 4) is 0 Å². The molecule has 0 bridgehead atoms. The molecule has 0 atom stereocenters. The quantitative estimate of drug-likeness (QED) is 0.917. The van der Waals surface area contributed by atoms with Crippen molar-refractivity contribution in [2.45, 2.75) is 17.1 Å². The van der Waals surface area contributed by atoms with E-state index < -0.39 is 15.9 Å². The Hall–Kier alpha value is -1.37. The van der Waals surface area contributed by atoms with Gasteiger partial charge in [0.05, 0.1) is 0 Å². The van der Waals surface area contributed by atoms with Crippen LogP contribution in [0, 0.1) is 0 Å². The number of aryl methyl sites for hydroxylation is 1. The Balaban J connectivity index is 1.93. The first-order valence-electron chi connectivity index (χ1n) is 5.81. The lowest BCUT2D eigenvalue weighted by Crippen LogP contribution is -2.30. The van der Waals surface area contributed by atoms with Gasteiger partial charge >= 0.3 is 0 Å². The molecular formula is C13H12ClNO3S2. The maximum atomic E-state index is 11.8. The highest BCUT2D eigenvalue weighted by molar-refractivity contribution is 7.92. The molecule has 4 nitrogen and oxygen atoms in total. The number of hydrogen-bond donors (Lipinski definition) is 1. The van der Waals surface area contributed by atoms with E-state index in [4.69, 9.17) is 11.6 Å². The third-order valence-corrected chi connectivity index (χ3v) is 5.54. The lowest BCUT2D eigenvalue weighted by Gasteiger charge is -2.05. The van der Waals surface area contributed by atoms with E-state index in [0.29, 0.717) is 11.4 Å². The third kappa shape index (κ3) is 4.06. The zero-order valence-electron chi connectivity index (χ0n) is 10.4. The Kier molecular flexibility index (Phi) is 4.80. The molecule has 0 aliphatic rings. The van der Waals surface area contributed by atoms with E-state index in [1.165, 1.54) is 6.07 Å². The van der Waals surface area contributed by atoms with Crippen LogP contribution < -0.4 is 4.72 Å². The summed E-state index contributed by atoms with van der Waals surface area (Å²) in [5, 5.41) is 2.24. The highest BCUT2D eigenvalue weighted by atomic mass is 35.5. The van der Waals surface area contributed by atoms with Gasteiger partial charge in [0.1, 0.15) is 4.21 Å². The van der Waals surface area contributed by atoms with Gasteiger partial charge in [-0.05, 0) is 35.6 Å². The number of amides is 1. The minimum absolute atomic E-state index is 0.0882. The molecule has 7 heteroatoms. The van der Waals surface area contributed by atoms with Gasteiger partial charge in [-0.2, -0.15) is 0 Å². The normalized spacial score (nSPS) is 11.2. The van der Waals surface area contributed by atoms with Gasteiger partial charge in [-0.1, -0.05) is 29.8 Å². The highest BCUT2D eigenvalue weighted by Crippen LogP contribution is 2.16. The van der Waals surface area contributed by atoms with Crippen LogP contribution in [0.4, 0.5) is 0 Å². The average molecular weight is 330 g/mol. The molecule has 20 heavy (non-hydrogen) atoms. The van der Waals surface area contributed by atoms with Gasteiger partial charge in [0.2, 0.25) is 5.91 Å². The fourth-order valence-electron chi connectivity index (χ4n) is 1.62. The van der Waals surface area contributed by atoms with Crippen LogP contribution >= 0.6 is 22.9 Å². The smallest absolute Gasteiger partial charge is 0.273 e. The van der Waals surface area contributed by atoms with E-state index in [1.54, 1.807) is 29.6 Å². The van der Waals surface area contributed by atoms with Crippen LogP contribution in [-0.2, 0) is 21.2 Å². The number of benzene rings is 1. The minimum atomic E-state index is -3.74. The predicted octanol–water partition coefficient (Wildman–Crippen LogP) is 2.84. The van der Waals surface area contributed by atoms with Crippen molar-refractivity contribution in [3.63, 3.8) is 0 Å². The van der Waals surface area contributed by atoms with E-state index >= 15 is 0 Å². The molecule has 106 valence electrons. The van der Waals surface area contributed by atoms with Crippen molar-refractivity contribution in [2.75, 3.05) is 0 Å². The Morgan fingerprint density at radius 1 is 1.25 bits per heavy atom. The molecule has 0 saturated heterocycles. The molecule has 0 unspecified atom stereocenters. The second kappa shape index (κ2) is 6.39. The van der Waals surface area contributed by atoms with Crippen molar-refractivity contribution in [2.24, 2.45) is 0 Å². The Morgan fingerprint density at radius 3 is 2.70 bits per heavy atom. The van der Waals surface area contributed by atoms with Crippen LogP contribution in [0.5, 0.6) is 0 Å². The van der Waals surface area contributed by atoms with Gasteiger partial charge < -0.3 is 0 Å². The lowest BCUT2D eigenvalue weighted by molar-refractivity contribution is -0.119. The molecule has 1 aromatic heterocycles. The maximum absolute atomic E-state index is 11.8. The highest BCUT2D eigenvalue weighted by Gasteiger charge is 2.18. The Morgan fingerprint density at radius 2 is 2.05 bits per heavy atom. The van der Waals surface area contributed by atoms with Gasteiger partial charge in [-0.3, -0.25) is 4.79 Å². The molecule has 2 rings (SSSR count). The van der Waals surface area contributed by atoms with Crippen molar-refractivity contribution >= 4 is 38.9 Å². The van der Waals surface area contributed by atoms with E-state index in [1.807, 2.05) is 6.07 Å². The molecule has 0 aliphatic heterocycles. The summed E-state index contributed by atoms with van der Waals surface area (Å²) < 4.78 is 25.8. The second-order valence-electron chi connectivity index (χ2n) is 4.09. The van der Waals surface area contributed by atoms with Crippen molar-refractivity contribution < 1.29 is 13.2 Å². The number of rotatable bonds is 5. The monoisotopic (exact) mass is 329 g/mol. The first kappa shape index (κ1) is 15.0. The number of nitrogens with one attached hydrogen (secondary N) is 1. The Bertz CT molecular complexity index is 696. The van der Waals surface area contributed by atoms with Crippen LogP contribution in [-0.4, -0.2) is 14.3 Å². The van der Waals surface area contributed by atoms with Gasteiger partial charge in [0.25, 0.3) is 10.0 Å². The van der Waals surface area contributed by atoms with Gasteiger partial charge in [0, 0.05) is 11.4 Å². The number of thiophene rings is 1. The van der Waals surface area contributed by atoms with Gasteiger partial charge in [-0.15, -0.1) is 11.3 Å². The summed E-state index contributed by atoms with van der Waals surface area (Å²) in [5.74, 6) is -0.529. The fourth-order valence-corrected chi connectivity index (χ4v) is 3.84. The van der Waals surface area contributed by atoms with Crippen molar-refractivity contribution in [1.82, 2.24) is 4.72 Å².